The quantitative estimate of drug-likeness (QED) is 0.743. The SMILES string of the molecule is CCC1=CO[C@H](C(=O)N2CCC[C@H]2C(=O)OC(C)(C)C)CC1=O. The van der Waals surface area contributed by atoms with Gasteiger partial charge in [-0.1, -0.05) is 6.92 Å². The molecule has 6 heteroatoms. The summed E-state index contributed by atoms with van der Waals surface area (Å²) >= 11 is 0. The van der Waals surface area contributed by atoms with Crippen LogP contribution >= 0.6 is 0 Å². The Kier molecular flexibility index (Phi) is 5.12. The van der Waals surface area contributed by atoms with Crippen molar-refractivity contribution in [1.82, 2.24) is 4.90 Å². The Hall–Kier alpha value is -1.85. The lowest BCUT2D eigenvalue weighted by molar-refractivity contribution is -0.165. The molecule has 0 aromatic rings. The average Bonchev–Trinajstić information content (AvgIpc) is 2.94. The first-order valence-corrected chi connectivity index (χ1v) is 8.14. The number of rotatable bonds is 3. The van der Waals surface area contributed by atoms with Crippen LogP contribution in [0.25, 0.3) is 0 Å². The van der Waals surface area contributed by atoms with Crippen molar-refractivity contribution in [2.24, 2.45) is 0 Å². The Balaban J connectivity index is 2.05. The molecule has 0 aromatic heterocycles. The fraction of sp³-hybridized carbons (Fsp3) is 0.706. The zero-order valence-corrected chi connectivity index (χ0v) is 14.3. The zero-order valence-electron chi connectivity index (χ0n) is 14.3. The second-order valence-electron chi connectivity index (χ2n) is 6.97. The van der Waals surface area contributed by atoms with Gasteiger partial charge in [-0.15, -0.1) is 0 Å². The van der Waals surface area contributed by atoms with Crippen LogP contribution in [-0.4, -0.2) is 46.9 Å². The minimum absolute atomic E-state index is 0.0377. The van der Waals surface area contributed by atoms with Gasteiger partial charge < -0.3 is 14.4 Å². The fourth-order valence-corrected chi connectivity index (χ4v) is 2.83. The maximum absolute atomic E-state index is 12.6. The summed E-state index contributed by atoms with van der Waals surface area (Å²) in [6.45, 7) is 7.75. The second kappa shape index (κ2) is 6.72. The molecule has 1 fully saturated rings. The molecule has 0 bridgehead atoms. The Morgan fingerprint density at radius 1 is 1.39 bits per heavy atom. The number of esters is 1. The maximum atomic E-state index is 12.6. The summed E-state index contributed by atoms with van der Waals surface area (Å²) in [5.41, 5.74) is 0.00365. The van der Waals surface area contributed by atoms with Gasteiger partial charge in [0.25, 0.3) is 5.91 Å². The summed E-state index contributed by atoms with van der Waals surface area (Å²) in [4.78, 5) is 38.4. The molecule has 2 heterocycles. The number of hydrogen-bond donors (Lipinski definition) is 0. The summed E-state index contributed by atoms with van der Waals surface area (Å²) in [7, 11) is 0. The van der Waals surface area contributed by atoms with Gasteiger partial charge in [0.2, 0.25) is 0 Å². The molecule has 2 atom stereocenters. The lowest BCUT2D eigenvalue weighted by Gasteiger charge is -2.30. The molecule has 0 unspecified atom stereocenters. The number of allylic oxidation sites excluding steroid dienone is 1. The fourth-order valence-electron chi connectivity index (χ4n) is 2.83. The molecule has 1 amide bonds. The van der Waals surface area contributed by atoms with Crippen LogP contribution in [0.4, 0.5) is 0 Å². The van der Waals surface area contributed by atoms with E-state index in [0.717, 1.165) is 6.42 Å². The third kappa shape index (κ3) is 4.12. The molecule has 0 aromatic carbocycles. The molecule has 0 radical (unpaired) electrons. The van der Waals surface area contributed by atoms with E-state index in [9.17, 15) is 14.4 Å². The molecule has 128 valence electrons. The van der Waals surface area contributed by atoms with Gasteiger partial charge in [0.05, 0.1) is 12.7 Å². The summed E-state index contributed by atoms with van der Waals surface area (Å²) in [6.07, 6.45) is 2.50. The minimum atomic E-state index is -0.833. The van der Waals surface area contributed by atoms with E-state index in [-0.39, 0.29) is 18.1 Å². The highest BCUT2D eigenvalue weighted by molar-refractivity contribution is 6.00. The number of Topliss-reactive ketones (excluding diaryl/α,β-unsaturated/α-hetero) is 1. The predicted octanol–water partition coefficient (Wildman–Crippen LogP) is 1.97. The van der Waals surface area contributed by atoms with Crippen molar-refractivity contribution in [3.63, 3.8) is 0 Å². The highest BCUT2D eigenvalue weighted by Gasteiger charge is 2.41. The van der Waals surface area contributed by atoms with E-state index in [1.807, 2.05) is 6.92 Å². The number of amides is 1. The number of nitrogens with zero attached hydrogens (tertiary/aromatic N) is 1. The first-order chi connectivity index (χ1) is 10.7. The van der Waals surface area contributed by atoms with Crippen molar-refractivity contribution in [3.8, 4) is 0 Å². The van der Waals surface area contributed by atoms with Crippen LogP contribution < -0.4 is 0 Å². The van der Waals surface area contributed by atoms with Crippen molar-refractivity contribution in [2.75, 3.05) is 6.54 Å². The van der Waals surface area contributed by atoms with E-state index >= 15 is 0 Å². The highest BCUT2D eigenvalue weighted by atomic mass is 16.6. The van der Waals surface area contributed by atoms with E-state index < -0.39 is 23.7 Å². The minimum Gasteiger partial charge on any atom is -0.487 e. The van der Waals surface area contributed by atoms with Crippen molar-refractivity contribution in [3.05, 3.63) is 11.8 Å². The first kappa shape index (κ1) is 17.5. The van der Waals surface area contributed by atoms with Crippen LogP contribution in [-0.2, 0) is 23.9 Å². The topological polar surface area (TPSA) is 72.9 Å². The monoisotopic (exact) mass is 323 g/mol. The zero-order chi connectivity index (χ0) is 17.2. The van der Waals surface area contributed by atoms with Gasteiger partial charge in [0.15, 0.2) is 11.9 Å². The van der Waals surface area contributed by atoms with Crippen LogP contribution in [0.2, 0.25) is 0 Å². The molecule has 6 nitrogen and oxygen atoms in total. The molecule has 1 saturated heterocycles. The smallest absolute Gasteiger partial charge is 0.329 e. The number of hydrogen-bond acceptors (Lipinski definition) is 5. The molecular formula is C17H25NO5. The molecule has 0 aliphatic carbocycles. The molecule has 0 N–H and O–H groups in total. The molecule has 2 rings (SSSR count). The van der Waals surface area contributed by atoms with Crippen LogP contribution in [0.15, 0.2) is 11.8 Å². The van der Waals surface area contributed by atoms with Crippen LogP contribution in [0.5, 0.6) is 0 Å². The van der Waals surface area contributed by atoms with Gasteiger partial charge in [-0.05, 0) is 40.0 Å². The second-order valence-corrected chi connectivity index (χ2v) is 6.97. The number of likely N-dealkylation sites (tertiary alicyclic amines) is 1. The Bertz CT molecular complexity index is 532. The number of carbonyl (C=O) groups is 3. The standard InChI is InChI=1S/C17H25NO5/c1-5-11-10-22-14(9-13(11)19)15(20)18-8-6-7-12(18)16(21)23-17(2,3)4/h10,12,14H,5-9H2,1-4H3/t12-,14-/m0/s1. The lowest BCUT2D eigenvalue weighted by Crippen LogP contribution is -2.48. The first-order valence-electron chi connectivity index (χ1n) is 8.14. The maximum Gasteiger partial charge on any atom is 0.329 e. The van der Waals surface area contributed by atoms with Gasteiger partial charge in [-0.25, -0.2) is 4.79 Å². The highest BCUT2D eigenvalue weighted by Crippen LogP contribution is 2.25. The molecule has 0 spiro atoms. The van der Waals surface area contributed by atoms with Crippen molar-refractivity contribution in [1.29, 1.82) is 0 Å². The van der Waals surface area contributed by atoms with Crippen molar-refractivity contribution < 1.29 is 23.9 Å². The van der Waals surface area contributed by atoms with E-state index in [4.69, 9.17) is 9.47 Å². The van der Waals surface area contributed by atoms with Crippen LogP contribution in [0.3, 0.4) is 0 Å². The average molecular weight is 323 g/mol. The van der Waals surface area contributed by atoms with Gasteiger partial charge >= 0.3 is 5.97 Å². The number of ketones is 1. The number of carbonyl (C=O) groups excluding carboxylic acids is 3. The van der Waals surface area contributed by atoms with E-state index in [0.29, 0.717) is 25.0 Å². The van der Waals surface area contributed by atoms with E-state index in [1.54, 1.807) is 20.8 Å². The Labute approximate surface area is 136 Å². The van der Waals surface area contributed by atoms with Crippen molar-refractivity contribution >= 4 is 17.7 Å². The third-order valence-electron chi connectivity index (χ3n) is 3.97. The summed E-state index contributed by atoms with van der Waals surface area (Å²) in [5.74, 6) is -0.765. The molecular weight excluding hydrogens is 298 g/mol. The summed E-state index contributed by atoms with van der Waals surface area (Å²) in [5, 5.41) is 0. The number of ether oxygens (including phenoxy) is 2. The third-order valence-corrected chi connectivity index (χ3v) is 3.97. The summed E-state index contributed by atoms with van der Waals surface area (Å²) < 4.78 is 10.8. The van der Waals surface area contributed by atoms with Crippen LogP contribution in [0, 0.1) is 0 Å². The largest absolute Gasteiger partial charge is 0.487 e. The van der Waals surface area contributed by atoms with E-state index in [1.165, 1.54) is 11.2 Å². The van der Waals surface area contributed by atoms with Gasteiger partial charge in [-0.3, -0.25) is 9.59 Å². The van der Waals surface area contributed by atoms with Crippen molar-refractivity contribution in [2.45, 2.75) is 71.1 Å². The van der Waals surface area contributed by atoms with Gasteiger partial charge in [0.1, 0.15) is 11.6 Å². The molecule has 0 saturated carbocycles. The molecule has 2 aliphatic heterocycles. The van der Waals surface area contributed by atoms with Gasteiger partial charge in [-0.2, -0.15) is 0 Å². The lowest BCUT2D eigenvalue weighted by atomic mass is 10.0. The Morgan fingerprint density at radius 3 is 2.65 bits per heavy atom. The summed E-state index contributed by atoms with van der Waals surface area (Å²) in [6, 6.07) is -0.586. The van der Waals surface area contributed by atoms with Gasteiger partial charge in [0, 0.05) is 12.1 Å². The normalized spacial score (nSPS) is 25.0. The van der Waals surface area contributed by atoms with Crippen LogP contribution in [0.1, 0.15) is 53.4 Å². The van der Waals surface area contributed by atoms with E-state index in [2.05, 4.69) is 0 Å². The molecule has 2 aliphatic rings. The molecule has 23 heavy (non-hydrogen) atoms. The Morgan fingerprint density at radius 2 is 2.09 bits per heavy atom. The predicted molar refractivity (Wildman–Crippen MR) is 83.5 cm³/mol.